The number of carboxylic acids is 1. The van der Waals surface area contributed by atoms with Gasteiger partial charge < -0.3 is 15.2 Å². The maximum Gasteiger partial charge on any atom is 0.407 e. The Kier molecular flexibility index (Phi) is 5.16. The number of amides is 1. The van der Waals surface area contributed by atoms with Gasteiger partial charge in [0, 0.05) is 13.0 Å². The summed E-state index contributed by atoms with van der Waals surface area (Å²) in [6.07, 6.45) is -0.246. The second kappa shape index (κ2) is 6.33. The zero-order valence-corrected chi connectivity index (χ0v) is 13.9. The Morgan fingerprint density at radius 1 is 1.23 bits per heavy atom. The van der Waals surface area contributed by atoms with E-state index in [0.29, 0.717) is 12.1 Å². The summed E-state index contributed by atoms with van der Waals surface area (Å²) in [6.45, 7) is 11.3. The van der Waals surface area contributed by atoms with Gasteiger partial charge in [-0.05, 0) is 41.5 Å². The molecule has 0 unspecified atom stereocenters. The zero-order valence-electron chi connectivity index (χ0n) is 13.9. The minimum absolute atomic E-state index is 0.0964. The molecule has 124 valence electrons. The van der Waals surface area contributed by atoms with Gasteiger partial charge in [0.05, 0.1) is 11.2 Å². The molecule has 1 amide bonds. The van der Waals surface area contributed by atoms with E-state index < -0.39 is 23.2 Å². The third-order valence-electron chi connectivity index (χ3n) is 2.63. The number of rotatable bonds is 4. The van der Waals surface area contributed by atoms with E-state index in [1.165, 1.54) is 0 Å². The highest BCUT2D eigenvalue weighted by molar-refractivity contribution is 5.86. The van der Waals surface area contributed by atoms with Crippen molar-refractivity contribution in [3.63, 3.8) is 0 Å². The molecule has 0 spiro atoms. The van der Waals surface area contributed by atoms with Crippen LogP contribution in [0.1, 0.15) is 57.7 Å². The molecule has 1 aromatic rings. The van der Waals surface area contributed by atoms with E-state index in [-0.39, 0.29) is 12.2 Å². The Morgan fingerprint density at radius 3 is 2.27 bits per heavy atom. The molecule has 0 bridgehead atoms. The number of nitrogens with one attached hydrogen (secondary N) is 1. The molecule has 0 aromatic carbocycles. The summed E-state index contributed by atoms with van der Waals surface area (Å²) in [6, 6.07) is 0. The van der Waals surface area contributed by atoms with E-state index in [1.54, 1.807) is 25.5 Å². The molecule has 0 aliphatic heterocycles. The Morgan fingerprint density at radius 2 is 1.82 bits per heavy atom. The first-order chi connectivity index (χ1) is 9.92. The molecule has 0 aliphatic rings. The third kappa shape index (κ3) is 5.01. The Balaban J connectivity index is 2.78. The molecule has 0 saturated heterocycles. The normalized spacial score (nSPS) is 12.1. The van der Waals surface area contributed by atoms with Crippen molar-refractivity contribution in [2.75, 3.05) is 6.54 Å². The van der Waals surface area contributed by atoms with Gasteiger partial charge in [-0.3, -0.25) is 0 Å². The van der Waals surface area contributed by atoms with Crippen molar-refractivity contribution in [2.24, 2.45) is 0 Å². The van der Waals surface area contributed by atoms with Crippen molar-refractivity contribution < 1.29 is 19.4 Å². The van der Waals surface area contributed by atoms with E-state index >= 15 is 0 Å². The first kappa shape index (κ1) is 17.9. The average Bonchev–Trinajstić information content (AvgIpc) is 2.69. The number of aromatic carboxylic acids is 1. The van der Waals surface area contributed by atoms with Gasteiger partial charge >= 0.3 is 12.1 Å². The molecule has 22 heavy (non-hydrogen) atoms. The van der Waals surface area contributed by atoms with Gasteiger partial charge in [-0.1, -0.05) is 5.21 Å². The van der Waals surface area contributed by atoms with Gasteiger partial charge in [0.15, 0.2) is 5.69 Å². The predicted octanol–water partition coefficient (Wildman–Crippen LogP) is 1.80. The molecule has 8 heteroatoms. The van der Waals surface area contributed by atoms with E-state index in [2.05, 4.69) is 15.6 Å². The summed E-state index contributed by atoms with van der Waals surface area (Å²) < 4.78 is 6.69. The van der Waals surface area contributed by atoms with Crippen LogP contribution >= 0.6 is 0 Å². The molecule has 2 N–H and O–H groups in total. The van der Waals surface area contributed by atoms with Gasteiger partial charge in [0.2, 0.25) is 0 Å². The molecular formula is C14H24N4O4. The molecule has 0 atom stereocenters. The summed E-state index contributed by atoms with van der Waals surface area (Å²) >= 11 is 0. The number of nitrogens with zero attached hydrogens (tertiary/aromatic N) is 3. The number of carbonyl (C=O) groups is 2. The van der Waals surface area contributed by atoms with Crippen LogP contribution in [0.3, 0.4) is 0 Å². The highest BCUT2D eigenvalue weighted by atomic mass is 16.6. The standard InChI is InChI=1S/C14H24N4O4/c1-13(2,3)18-9(10(11(19)20)16-17-18)7-8-15-12(21)22-14(4,5)6/h7-8H2,1-6H3,(H,15,21)(H,19,20). The SMILES string of the molecule is CC(C)(C)OC(=O)NCCc1c(C(=O)O)nnn1C(C)(C)C. The second-order valence-electron chi connectivity index (χ2n) is 6.95. The fraction of sp³-hybridized carbons (Fsp3) is 0.714. The van der Waals surface area contributed by atoms with Gasteiger partial charge in [-0.15, -0.1) is 5.10 Å². The smallest absolute Gasteiger partial charge is 0.407 e. The van der Waals surface area contributed by atoms with E-state index in [9.17, 15) is 14.7 Å². The minimum Gasteiger partial charge on any atom is -0.476 e. The Hall–Kier alpha value is -2.12. The fourth-order valence-corrected chi connectivity index (χ4v) is 1.83. The maximum absolute atomic E-state index is 11.6. The number of carbonyl (C=O) groups excluding carboxylic acids is 1. The summed E-state index contributed by atoms with van der Waals surface area (Å²) in [4.78, 5) is 22.8. The largest absolute Gasteiger partial charge is 0.476 e. The van der Waals surface area contributed by atoms with E-state index in [4.69, 9.17) is 4.74 Å². The van der Waals surface area contributed by atoms with Crippen LogP contribution in [0.15, 0.2) is 0 Å². The number of alkyl carbamates (subject to hydrolysis) is 1. The molecule has 0 radical (unpaired) electrons. The summed E-state index contributed by atoms with van der Waals surface area (Å²) in [5, 5.41) is 19.4. The third-order valence-corrected chi connectivity index (χ3v) is 2.63. The van der Waals surface area contributed by atoms with Crippen LogP contribution in [0.5, 0.6) is 0 Å². The highest BCUT2D eigenvalue weighted by Crippen LogP contribution is 2.18. The van der Waals surface area contributed by atoms with Gasteiger partial charge in [-0.2, -0.15) is 0 Å². The monoisotopic (exact) mass is 312 g/mol. The Labute approximate surface area is 129 Å². The lowest BCUT2D eigenvalue weighted by atomic mass is 10.1. The molecule has 0 fully saturated rings. The lowest BCUT2D eigenvalue weighted by molar-refractivity contribution is 0.0528. The molecule has 0 saturated carbocycles. The van der Waals surface area contributed by atoms with Crippen LogP contribution in [0, 0.1) is 0 Å². The van der Waals surface area contributed by atoms with Crippen molar-refractivity contribution in [3.05, 3.63) is 11.4 Å². The van der Waals surface area contributed by atoms with Gasteiger partial charge in [-0.25, -0.2) is 14.3 Å². The van der Waals surface area contributed by atoms with Crippen molar-refractivity contribution in [1.29, 1.82) is 0 Å². The van der Waals surface area contributed by atoms with Crippen molar-refractivity contribution >= 4 is 12.1 Å². The van der Waals surface area contributed by atoms with Crippen LogP contribution in [-0.4, -0.2) is 44.3 Å². The number of ether oxygens (including phenoxy) is 1. The van der Waals surface area contributed by atoms with Crippen LogP contribution < -0.4 is 5.32 Å². The van der Waals surface area contributed by atoms with Gasteiger partial charge in [0.1, 0.15) is 5.60 Å². The van der Waals surface area contributed by atoms with E-state index in [1.807, 2.05) is 20.8 Å². The van der Waals surface area contributed by atoms with Crippen LogP contribution in [-0.2, 0) is 16.7 Å². The molecule has 1 heterocycles. The lowest BCUT2D eigenvalue weighted by Gasteiger charge is -2.22. The van der Waals surface area contributed by atoms with Crippen LogP contribution in [0.4, 0.5) is 4.79 Å². The number of hydrogen-bond acceptors (Lipinski definition) is 5. The molecule has 1 aromatic heterocycles. The van der Waals surface area contributed by atoms with E-state index in [0.717, 1.165) is 0 Å². The quantitative estimate of drug-likeness (QED) is 0.878. The minimum atomic E-state index is -1.14. The van der Waals surface area contributed by atoms with Crippen molar-refractivity contribution in [2.45, 2.75) is 59.1 Å². The maximum atomic E-state index is 11.6. The predicted molar refractivity (Wildman–Crippen MR) is 79.9 cm³/mol. The summed E-state index contributed by atoms with van der Waals surface area (Å²) in [7, 11) is 0. The highest BCUT2D eigenvalue weighted by Gasteiger charge is 2.25. The van der Waals surface area contributed by atoms with Crippen LogP contribution in [0.2, 0.25) is 0 Å². The average molecular weight is 312 g/mol. The van der Waals surface area contributed by atoms with Crippen molar-refractivity contribution in [1.82, 2.24) is 20.3 Å². The molecule has 8 nitrogen and oxygen atoms in total. The lowest BCUT2D eigenvalue weighted by Crippen LogP contribution is -2.34. The van der Waals surface area contributed by atoms with Crippen LogP contribution in [0.25, 0.3) is 0 Å². The Bertz CT molecular complexity index is 552. The summed E-state index contributed by atoms with van der Waals surface area (Å²) in [5.41, 5.74) is -0.607. The molecule has 0 aliphatic carbocycles. The number of carboxylic acid groups (broad SMARTS) is 1. The first-order valence-electron chi connectivity index (χ1n) is 7.07. The van der Waals surface area contributed by atoms with Gasteiger partial charge in [0.25, 0.3) is 0 Å². The number of aromatic nitrogens is 3. The number of hydrogen-bond donors (Lipinski definition) is 2. The molecule has 1 rings (SSSR count). The molecular weight excluding hydrogens is 288 g/mol. The first-order valence-corrected chi connectivity index (χ1v) is 7.07. The van der Waals surface area contributed by atoms with Crippen molar-refractivity contribution in [3.8, 4) is 0 Å². The fourth-order valence-electron chi connectivity index (χ4n) is 1.83. The summed E-state index contributed by atoms with van der Waals surface area (Å²) in [5.74, 6) is -1.14. The zero-order chi connectivity index (χ0) is 17.1. The second-order valence-corrected chi connectivity index (χ2v) is 6.95. The topological polar surface area (TPSA) is 106 Å².